The first-order chi connectivity index (χ1) is 7.02. The van der Waals surface area contributed by atoms with Crippen LogP contribution in [-0.4, -0.2) is 39.2 Å². The van der Waals surface area contributed by atoms with Crippen molar-refractivity contribution in [2.24, 2.45) is 0 Å². The molecule has 0 bridgehead atoms. The zero-order chi connectivity index (χ0) is 11.8. The fourth-order valence-electron chi connectivity index (χ4n) is 0.755. The molecule has 0 spiro atoms. The first-order valence-corrected chi connectivity index (χ1v) is 3.81. The molecular weight excluding hydrogens is 204 g/mol. The molecule has 0 saturated heterocycles. The molecule has 0 unspecified atom stereocenters. The SMILES string of the molecule is O=C(O)c1ccc(C(=O)O)cc1.OCO. The maximum Gasteiger partial charge on any atom is 0.335 e. The summed E-state index contributed by atoms with van der Waals surface area (Å²) >= 11 is 0. The lowest BCUT2D eigenvalue weighted by Crippen LogP contribution is -1.99. The zero-order valence-electron chi connectivity index (χ0n) is 7.62. The van der Waals surface area contributed by atoms with E-state index in [-0.39, 0.29) is 11.1 Å². The number of carboxylic acid groups (broad SMARTS) is 2. The minimum absolute atomic E-state index is 0.0833. The molecule has 15 heavy (non-hydrogen) atoms. The third-order valence-corrected chi connectivity index (χ3v) is 1.38. The number of rotatable bonds is 2. The van der Waals surface area contributed by atoms with Gasteiger partial charge in [-0.2, -0.15) is 0 Å². The first-order valence-electron chi connectivity index (χ1n) is 3.81. The molecule has 82 valence electrons. The van der Waals surface area contributed by atoms with Crippen LogP contribution in [0.3, 0.4) is 0 Å². The molecule has 0 fully saturated rings. The molecule has 0 aliphatic carbocycles. The average Bonchev–Trinajstić information content (AvgIpc) is 2.19. The monoisotopic (exact) mass is 214 g/mol. The highest BCUT2D eigenvalue weighted by Gasteiger charge is 2.04. The van der Waals surface area contributed by atoms with Gasteiger partial charge in [-0.25, -0.2) is 9.59 Å². The van der Waals surface area contributed by atoms with E-state index in [2.05, 4.69) is 0 Å². The van der Waals surface area contributed by atoms with E-state index in [0.717, 1.165) is 0 Å². The molecular formula is C9H10O6. The highest BCUT2D eigenvalue weighted by atomic mass is 16.5. The van der Waals surface area contributed by atoms with Gasteiger partial charge < -0.3 is 20.4 Å². The van der Waals surface area contributed by atoms with E-state index in [1.165, 1.54) is 24.3 Å². The van der Waals surface area contributed by atoms with Crippen molar-refractivity contribution in [1.29, 1.82) is 0 Å². The molecule has 0 atom stereocenters. The molecule has 1 rings (SSSR count). The fourth-order valence-corrected chi connectivity index (χ4v) is 0.755. The molecule has 0 heterocycles. The van der Waals surface area contributed by atoms with Gasteiger partial charge in [0.2, 0.25) is 0 Å². The predicted octanol–water partition coefficient (Wildman–Crippen LogP) is 0.0115. The van der Waals surface area contributed by atoms with Crippen molar-refractivity contribution in [2.75, 3.05) is 6.79 Å². The van der Waals surface area contributed by atoms with E-state index in [1.54, 1.807) is 0 Å². The molecule has 1 aromatic carbocycles. The minimum atomic E-state index is -1.06. The van der Waals surface area contributed by atoms with Crippen LogP contribution in [0, 0.1) is 0 Å². The van der Waals surface area contributed by atoms with Gasteiger partial charge in [0.1, 0.15) is 6.79 Å². The van der Waals surface area contributed by atoms with Gasteiger partial charge in [0, 0.05) is 0 Å². The Morgan fingerprint density at radius 3 is 1.20 bits per heavy atom. The van der Waals surface area contributed by atoms with Crippen LogP contribution in [0.2, 0.25) is 0 Å². The molecule has 1 aromatic rings. The van der Waals surface area contributed by atoms with Crippen LogP contribution in [0.15, 0.2) is 24.3 Å². The average molecular weight is 214 g/mol. The summed E-state index contributed by atoms with van der Waals surface area (Å²) in [6.45, 7) is -0.750. The molecule has 6 nitrogen and oxygen atoms in total. The molecule has 0 radical (unpaired) electrons. The van der Waals surface area contributed by atoms with Crippen molar-refractivity contribution in [3.8, 4) is 0 Å². The van der Waals surface area contributed by atoms with Crippen molar-refractivity contribution >= 4 is 11.9 Å². The zero-order valence-corrected chi connectivity index (χ0v) is 7.62. The lowest BCUT2D eigenvalue weighted by atomic mass is 10.1. The summed E-state index contributed by atoms with van der Waals surface area (Å²) in [5, 5.41) is 31.2. The number of aliphatic hydroxyl groups is 2. The van der Waals surface area contributed by atoms with Gasteiger partial charge >= 0.3 is 11.9 Å². The topological polar surface area (TPSA) is 115 Å². The van der Waals surface area contributed by atoms with Crippen LogP contribution < -0.4 is 0 Å². The van der Waals surface area contributed by atoms with E-state index in [1.807, 2.05) is 0 Å². The largest absolute Gasteiger partial charge is 0.478 e. The molecule has 0 aromatic heterocycles. The van der Waals surface area contributed by atoms with E-state index in [4.69, 9.17) is 20.4 Å². The van der Waals surface area contributed by atoms with Crippen LogP contribution >= 0.6 is 0 Å². The summed E-state index contributed by atoms with van der Waals surface area (Å²) in [5.41, 5.74) is 0.167. The number of carboxylic acids is 2. The minimum Gasteiger partial charge on any atom is -0.478 e. The number of hydrogen-bond acceptors (Lipinski definition) is 4. The number of aromatic carboxylic acids is 2. The molecule has 0 aliphatic rings. The number of benzene rings is 1. The van der Waals surface area contributed by atoms with Gasteiger partial charge in [0.15, 0.2) is 0 Å². The summed E-state index contributed by atoms with van der Waals surface area (Å²) in [6, 6.07) is 5.02. The summed E-state index contributed by atoms with van der Waals surface area (Å²) in [4.78, 5) is 20.7. The Kier molecular flexibility index (Phi) is 5.69. The summed E-state index contributed by atoms with van der Waals surface area (Å²) in [5.74, 6) is -2.13. The Balaban J connectivity index is 0.000000583. The Labute approximate surface area is 85.0 Å². The van der Waals surface area contributed by atoms with Gasteiger partial charge in [-0.05, 0) is 24.3 Å². The van der Waals surface area contributed by atoms with Gasteiger partial charge in [-0.1, -0.05) is 0 Å². The van der Waals surface area contributed by atoms with Crippen LogP contribution in [0.4, 0.5) is 0 Å². The molecule has 0 aliphatic heterocycles. The molecule has 6 heteroatoms. The Hall–Kier alpha value is -1.92. The van der Waals surface area contributed by atoms with E-state index < -0.39 is 18.7 Å². The third-order valence-electron chi connectivity index (χ3n) is 1.38. The molecule has 0 saturated carbocycles. The van der Waals surface area contributed by atoms with Crippen LogP contribution in [0.5, 0.6) is 0 Å². The smallest absolute Gasteiger partial charge is 0.335 e. The van der Waals surface area contributed by atoms with Crippen LogP contribution in [-0.2, 0) is 0 Å². The molecule has 4 N–H and O–H groups in total. The highest BCUT2D eigenvalue weighted by Crippen LogP contribution is 2.03. The lowest BCUT2D eigenvalue weighted by molar-refractivity contribution is 0.0681. The highest BCUT2D eigenvalue weighted by molar-refractivity contribution is 5.91. The first kappa shape index (κ1) is 13.1. The van der Waals surface area contributed by atoms with Crippen molar-refractivity contribution in [3.63, 3.8) is 0 Å². The van der Waals surface area contributed by atoms with Crippen LogP contribution in [0.1, 0.15) is 20.7 Å². The Morgan fingerprint density at radius 1 is 0.867 bits per heavy atom. The van der Waals surface area contributed by atoms with Crippen molar-refractivity contribution < 1.29 is 30.0 Å². The maximum atomic E-state index is 10.3. The Morgan fingerprint density at radius 2 is 1.07 bits per heavy atom. The second-order valence-corrected chi connectivity index (χ2v) is 2.33. The van der Waals surface area contributed by atoms with Crippen LogP contribution in [0.25, 0.3) is 0 Å². The van der Waals surface area contributed by atoms with Crippen molar-refractivity contribution in [1.82, 2.24) is 0 Å². The quantitative estimate of drug-likeness (QED) is 0.515. The van der Waals surface area contributed by atoms with Gasteiger partial charge in [0.05, 0.1) is 11.1 Å². The summed E-state index contributed by atoms with van der Waals surface area (Å²) < 4.78 is 0. The molecule has 0 amide bonds. The normalized spacial score (nSPS) is 8.67. The maximum absolute atomic E-state index is 10.3. The van der Waals surface area contributed by atoms with Crippen molar-refractivity contribution in [2.45, 2.75) is 0 Å². The lowest BCUT2D eigenvalue weighted by Gasteiger charge is -1.94. The van der Waals surface area contributed by atoms with E-state index >= 15 is 0 Å². The number of carbonyl (C=O) groups is 2. The third kappa shape index (κ3) is 4.75. The summed E-state index contributed by atoms with van der Waals surface area (Å²) in [6.07, 6.45) is 0. The van der Waals surface area contributed by atoms with Gasteiger partial charge in [-0.15, -0.1) is 0 Å². The number of aliphatic hydroxyl groups excluding tert-OH is 1. The second-order valence-electron chi connectivity index (χ2n) is 2.33. The standard InChI is InChI=1S/C8H6O4.CH4O2/c9-7(10)5-1-2-6(4-3-5)8(11)12;2-1-3/h1-4H,(H,9,10)(H,11,12);2-3H,1H2. The van der Waals surface area contributed by atoms with E-state index in [9.17, 15) is 9.59 Å². The van der Waals surface area contributed by atoms with Gasteiger partial charge in [0.25, 0.3) is 0 Å². The fraction of sp³-hybridized carbons (Fsp3) is 0.111. The predicted molar refractivity (Wildman–Crippen MR) is 49.7 cm³/mol. The Bertz CT molecular complexity index is 296. The second kappa shape index (κ2) is 6.52. The summed E-state index contributed by atoms with van der Waals surface area (Å²) in [7, 11) is 0. The number of hydrogen-bond donors (Lipinski definition) is 4. The van der Waals surface area contributed by atoms with Gasteiger partial charge in [-0.3, -0.25) is 0 Å². The van der Waals surface area contributed by atoms with E-state index in [0.29, 0.717) is 0 Å². The van der Waals surface area contributed by atoms with Crippen molar-refractivity contribution in [3.05, 3.63) is 35.4 Å².